The van der Waals surface area contributed by atoms with Crippen LogP contribution in [0.5, 0.6) is 17.2 Å². The van der Waals surface area contributed by atoms with Gasteiger partial charge in [0.05, 0.1) is 17.2 Å². The molecule has 1 unspecified atom stereocenters. The number of ether oxygens (including phenoxy) is 5. The zero-order chi connectivity index (χ0) is 32.5. The molecule has 2 aromatic carbocycles. The number of aliphatic hydroxyl groups is 4. The smallest absolute Gasteiger partial charge is 0.338 e. The van der Waals surface area contributed by atoms with E-state index in [-0.39, 0.29) is 24.0 Å². The molecular weight excluding hydrogens is 600 g/mol. The van der Waals surface area contributed by atoms with Gasteiger partial charge in [0.15, 0.2) is 23.5 Å². The summed E-state index contributed by atoms with van der Waals surface area (Å²) in [5.41, 5.74) is -4.89. The Kier molecular flexibility index (Phi) is 7.46. The monoisotopic (exact) mass is 632 g/mol. The zero-order valence-electron chi connectivity index (χ0n) is 23.8. The minimum atomic E-state index is -1.87. The van der Waals surface area contributed by atoms with Gasteiger partial charge in [-0.2, -0.15) is 0 Å². The van der Waals surface area contributed by atoms with Crippen LogP contribution in [0.15, 0.2) is 42.5 Å². The van der Waals surface area contributed by atoms with E-state index in [1.54, 1.807) is 18.2 Å². The molecule has 3 aliphatic carbocycles. The number of carbonyl (C=O) groups excluding carboxylic acids is 3. The number of rotatable bonds is 8. The Hall–Kier alpha value is -3.99. The normalized spacial score (nSPS) is 38.2. The molecule has 2 saturated heterocycles. The molecule has 7 N–H and O–H groups in total. The predicted octanol–water partition coefficient (Wildman–Crippen LogP) is -0.533. The first-order chi connectivity index (χ1) is 21.2. The van der Waals surface area contributed by atoms with Gasteiger partial charge in [-0.3, -0.25) is 4.79 Å². The molecule has 3 saturated carbocycles. The van der Waals surface area contributed by atoms with Gasteiger partial charge < -0.3 is 59.4 Å². The third kappa shape index (κ3) is 4.53. The van der Waals surface area contributed by atoms with E-state index in [1.165, 1.54) is 19.1 Å². The molecule has 2 aliphatic heterocycles. The van der Waals surface area contributed by atoms with Crippen molar-refractivity contribution in [1.82, 2.24) is 0 Å². The molecular formula is C30H32O15. The molecule has 4 bridgehead atoms. The quantitative estimate of drug-likeness (QED) is 0.110. The van der Waals surface area contributed by atoms with Crippen LogP contribution in [0.25, 0.3) is 0 Å². The number of aromatic hydroxyl groups is 3. The highest BCUT2D eigenvalue weighted by Crippen LogP contribution is 2.73. The van der Waals surface area contributed by atoms with Gasteiger partial charge >= 0.3 is 17.9 Å². The van der Waals surface area contributed by atoms with E-state index in [4.69, 9.17) is 23.7 Å². The van der Waals surface area contributed by atoms with Crippen molar-refractivity contribution in [2.24, 2.45) is 11.3 Å². The fourth-order valence-electron chi connectivity index (χ4n) is 7.14. The lowest BCUT2D eigenvalue weighted by molar-refractivity contribution is -0.394. The summed E-state index contributed by atoms with van der Waals surface area (Å²) in [5.74, 6) is -5.78. The number of hydrogen-bond acceptors (Lipinski definition) is 15. The molecule has 2 aromatic rings. The topological polar surface area (TPSA) is 239 Å². The van der Waals surface area contributed by atoms with Gasteiger partial charge in [-0.05, 0) is 37.6 Å². The van der Waals surface area contributed by atoms with Crippen LogP contribution in [-0.2, 0) is 28.5 Å². The van der Waals surface area contributed by atoms with E-state index < -0.39 is 108 Å². The first-order valence-corrected chi connectivity index (χ1v) is 14.2. The summed E-state index contributed by atoms with van der Waals surface area (Å²) in [6, 6.07) is 9.70. The van der Waals surface area contributed by atoms with Crippen molar-refractivity contribution in [1.29, 1.82) is 0 Å². The van der Waals surface area contributed by atoms with Crippen LogP contribution in [0.1, 0.15) is 40.5 Å². The minimum Gasteiger partial charge on any atom is -0.504 e. The third-order valence-corrected chi connectivity index (χ3v) is 9.57. The van der Waals surface area contributed by atoms with Crippen LogP contribution >= 0.6 is 0 Å². The number of fused-ring (bicyclic) bond motifs is 1. The SMILES string of the molecule is C[C@]12C[C@H](O)C3C[C@]1(O[C@@H]1O[C@H](COC(=O)c4cc(O)c(O)c(O)c4)[C@@H](O)[C@H](O)[C@H]1O)[C@]3(COC(=O)c1ccccc1)C(=O)O2. The van der Waals surface area contributed by atoms with Crippen LogP contribution in [0, 0.1) is 11.3 Å². The number of esters is 3. The molecule has 5 aliphatic rings. The van der Waals surface area contributed by atoms with E-state index >= 15 is 0 Å². The highest BCUT2D eigenvalue weighted by atomic mass is 16.7. The largest absolute Gasteiger partial charge is 0.504 e. The predicted molar refractivity (Wildman–Crippen MR) is 145 cm³/mol. The number of benzene rings is 2. The maximum absolute atomic E-state index is 13.5. The Bertz CT molecular complexity index is 1490. The van der Waals surface area contributed by atoms with Gasteiger partial charge in [0.25, 0.3) is 0 Å². The highest BCUT2D eigenvalue weighted by Gasteiger charge is 2.88. The number of phenolic OH excluding ortho intramolecular Hbond substituents is 3. The lowest BCUT2D eigenvalue weighted by atomic mass is 9.40. The van der Waals surface area contributed by atoms with Gasteiger partial charge in [-0.25, -0.2) is 9.59 Å². The summed E-state index contributed by atoms with van der Waals surface area (Å²) in [6.45, 7) is 0.303. The third-order valence-electron chi connectivity index (χ3n) is 9.57. The summed E-state index contributed by atoms with van der Waals surface area (Å²) in [4.78, 5) is 38.9. The molecule has 7 rings (SSSR count). The fraction of sp³-hybridized carbons (Fsp3) is 0.500. The molecule has 0 amide bonds. The molecule has 45 heavy (non-hydrogen) atoms. The Balaban J connectivity index is 1.23. The zero-order valence-corrected chi connectivity index (χ0v) is 23.8. The van der Waals surface area contributed by atoms with Crippen molar-refractivity contribution in [3.05, 3.63) is 53.6 Å². The summed E-state index contributed by atoms with van der Waals surface area (Å²) >= 11 is 0. The van der Waals surface area contributed by atoms with E-state index in [0.717, 1.165) is 12.1 Å². The number of phenols is 3. The highest BCUT2D eigenvalue weighted by molar-refractivity contribution is 5.91. The summed E-state index contributed by atoms with van der Waals surface area (Å²) in [6.07, 6.45) is -9.73. The Labute approximate surface area is 255 Å². The van der Waals surface area contributed by atoms with Gasteiger partial charge in [0, 0.05) is 12.3 Å². The van der Waals surface area contributed by atoms with Crippen molar-refractivity contribution in [2.75, 3.05) is 13.2 Å². The van der Waals surface area contributed by atoms with E-state index in [2.05, 4.69) is 0 Å². The van der Waals surface area contributed by atoms with Gasteiger partial charge in [0.1, 0.15) is 54.2 Å². The molecule has 2 heterocycles. The maximum Gasteiger partial charge on any atom is 0.338 e. The lowest BCUT2D eigenvalue weighted by Crippen LogP contribution is -2.80. The second-order valence-corrected chi connectivity index (χ2v) is 12.0. The average molecular weight is 633 g/mol. The van der Waals surface area contributed by atoms with Crippen molar-refractivity contribution in [2.45, 2.75) is 67.8 Å². The Morgan fingerprint density at radius 2 is 1.53 bits per heavy atom. The first-order valence-electron chi connectivity index (χ1n) is 14.2. The van der Waals surface area contributed by atoms with E-state index in [0.29, 0.717) is 0 Å². The van der Waals surface area contributed by atoms with Gasteiger partial charge in [0.2, 0.25) is 0 Å². The molecule has 15 nitrogen and oxygen atoms in total. The van der Waals surface area contributed by atoms with Crippen molar-refractivity contribution < 1.29 is 73.8 Å². The van der Waals surface area contributed by atoms with Crippen LogP contribution in [-0.4, -0.2) is 115 Å². The molecule has 0 aromatic heterocycles. The fourth-order valence-corrected chi connectivity index (χ4v) is 7.14. The number of aliphatic hydroxyl groups excluding tert-OH is 4. The average Bonchev–Trinajstić information content (AvgIpc) is 3.07. The Morgan fingerprint density at radius 3 is 2.20 bits per heavy atom. The Morgan fingerprint density at radius 1 is 0.889 bits per heavy atom. The summed E-state index contributed by atoms with van der Waals surface area (Å²) in [7, 11) is 0. The van der Waals surface area contributed by atoms with Crippen molar-refractivity contribution in [3.63, 3.8) is 0 Å². The molecule has 0 spiro atoms. The molecule has 15 heteroatoms. The van der Waals surface area contributed by atoms with Crippen LogP contribution in [0.3, 0.4) is 0 Å². The second-order valence-electron chi connectivity index (χ2n) is 12.0. The molecule has 5 fully saturated rings. The van der Waals surface area contributed by atoms with Crippen molar-refractivity contribution in [3.8, 4) is 17.2 Å². The number of hydrogen-bond donors (Lipinski definition) is 7. The van der Waals surface area contributed by atoms with Gasteiger partial charge in [-0.1, -0.05) is 18.2 Å². The lowest BCUT2D eigenvalue weighted by Gasteiger charge is -2.66. The van der Waals surface area contributed by atoms with Crippen LogP contribution in [0.2, 0.25) is 0 Å². The number of carbonyl (C=O) groups is 3. The summed E-state index contributed by atoms with van der Waals surface area (Å²) < 4.78 is 28.5. The van der Waals surface area contributed by atoms with Gasteiger partial charge in [-0.15, -0.1) is 0 Å². The van der Waals surface area contributed by atoms with Crippen LogP contribution in [0.4, 0.5) is 0 Å². The molecule has 0 radical (unpaired) electrons. The van der Waals surface area contributed by atoms with E-state index in [1.807, 2.05) is 0 Å². The van der Waals surface area contributed by atoms with E-state index in [9.17, 15) is 50.1 Å². The standard InChI is InChI=1S/C30H32O15/c1-28-10-18(33)15-9-30(28,29(15,27(40)45-28)12-42-24(38)13-5-3-2-4-6-13)44-26-23(37)22(36)21(35)19(43-26)11-41-25(39)14-7-16(31)20(34)17(32)8-14/h2-8,15,18-19,21-23,26,31-37H,9-12H2,1H3/t15?,18-,19+,21+,22-,23+,26-,28-,29-,30+/m0/s1. The first kappa shape index (κ1) is 31.0. The second kappa shape index (κ2) is 10.8. The summed E-state index contributed by atoms with van der Waals surface area (Å²) in [5, 5.41) is 71.9. The van der Waals surface area contributed by atoms with Crippen LogP contribution < -0.4 is 0 Å². The molecule has 242 valence electrons. The molecule has 10 atom stereocenters. The maximum atomic E-state index is 13.5. The minimum absolute atomic E-state index is 0.0397. The van der Waals surface area contributed by atoms with Crippen molar-refractivity contribution >= 4 is 17.9 Å².